The molecule has 11 heteroatoms. The third kappa shape index (κ3) is 5.51. The molecule has 1 atom stereocenters. The maximum absolute atomic E-state index is 12.0. The first kappa shape index (κ1) is 20.8. The van der Waals surface area contributed by atoms with Crippen molar-refractivity contribution >= 4 is 40.5 Å². The minimum Gasteiger partial charge on any atom is -0.494 e. The monoisotopic (exact) mass is 407 g/mol. The van der Waals surface area contributed by atoms with Crippen molar-refractivity contribution in [3.05, 3.63) is 50.7 Å². The Labute approximate surface area is 163 Å². The van der Waals surface area contributed by atoms with Gasteiger partial charge in [0.2, 0.25) is 0 Å². The molecule has 0 fully saturated rings. The summed E-state index contributed by atoms with van der Waals surface area (Å²) >= 11 is 1.23. The molecule has 2 rings (SSSR count). The van der Waals surface area contributed by atoms with Gasteiger partial charge >= 0.3 is 5.97 Å². The highest BCUT2D eigenvalue weighted by molar-refractivity contribution is 7.12. The predicted molar refractivity (Wildman–Crippen MR) is 100 cm³/mol. The summed E-state index contributed by atoms with van der Waals surface area (Å²) in [5, 5.41) is 17.4. The number of nitro groups is 1. The van der Waals surface area contributed by atoms with Crippen molar-refractivity contribution in [2.75, 3.05) is 19.0 Å². The van der Waals surface area contributed by atoms with Gasteiger partial charge in [0.05, 0.1) is 28.7 Å². The lowest BCUT2D eigenvalue weighted by molar-refractivity contribution is -0.384. The molecule has 28 heavy (non-hydrogen) atoms. The minimum absolute atomic E-state index is 0.0884. The second kappa shape index (κ2) is 9.46. The summed E-state index contributed by atoms with van der Waals surface area (Å²) in [6.07, 6.45) is 0. The Balaban J connectivity index is 1.87. The van der Waals surface area contributed by atoms with Crippen molar-refractivity contribution in [3.63, 3.8) is 0 Å². The number of benzene rings is 1. The number of rotatable bonds is 8. The molecule has 1 unspecified atom stereocenters. The number of non-ortho nitro benzene ring substituents is 1. The molecule has 1 heterocycles. The quantitative estimate of drug-likeness (QED) is 0.388. The first-order chi connectivity index (χ1) is 13.3. The molecule has 0 saturated heterocycles. The van der Waals surface area contributed by atoms with Crippen LogP contribution in [0.5, 0.6) is 5.75 Å². The number of esters is 1. The van der Waals surface area contributed by atoms with E-state index in [9.17, 15) is 24.5 Å². The van der Waals surface area contributed by atoms with Crippen LogP contribution in [0.25, 0.3) is 0 Å². The molecular formula is C17H17N3O7S. The van der Waals surface area contributed by atoms with Crippen molar-refractivity contribution in [3.8, 4) is 5.75 Å². The largest absolute Gasteiger partial charge is 0.494 e. The molecule has 0 saturated carbocycles. The number of thiophene rings is 1. The van der Waals surface area contributed by atoms with Gasteiger partial charge in [0.25, 0.3) is 17.5 Å². The van der Waals surface area contributed by atoms with Crippen LogP contribution in [0.1, 0.15) is 16.6 Å². The van der Waals surface area contributed by atoms with E-state index in [0.29, 0.717) is 4.88 Å². The van der Waals surface area contributed by atoms with E-state index < -0.39 is 35.4 Å². The highest BCUT2D eigenvalue weighted by Crippen LogP contribution is 2.28. The average Bonchev–Trinajstić information content (AvgIpc) is 3.21. The summed E-state index contributed by atoms with van der Waals surface area (Å²) in [4.78, 5) is 46.4. The molecule has 1 aromatic carbocycles. The standard InChI is InChI=1S/C17H17N3O7S/c1-10(18-16(22)14-4-3-7-28-14)17(23)27-9-15(21)19-12-6-5-11(20(24)25)8-13(12)26-2/h3-8,10H,9H2,1-2H3,(H,18,22)(H,19,21). The zero-order valence-corrected chi connectivity index (χ0v) is 15.8. The summed E-state index contributed by atoms with van der Waals surface area (Å²) in [5.41, 5.74) is -0.00946. The number of nitrogens with one attached hydrogen (secondary N) is 2. The van der Waals surface area contributed by atoms with E-state index >= 15 is 0 Å². The third-order valence-electron chi connectivity index (χ3n) is 3.46. The second-order valence-electron chi connectivity index (χ2n) is 5.47. The Morgan fingerprint density at radius 3 is 2.64 bits per heavy atom. The fourth-order valence-electron chi connectivity index (χ4n) is 2.08. The van der Waals surface area contributed by atoms with Gasteiger partial charge in [-0.3, -0.25) is 19.7 Å². The van der Waals surface area contributed by atoms with Crippen molar-refractivity contribution in [2.45, 2.75) is 13.0 Å². The van der Waals surface area contributed by atoms with Crippen molar-refractivity contribution < 1.29 is 28.8 Å². The van der Waals surface area contributed by atoms with Gasteiger partial charge < -0.3 is 20.1 Å². The van der Waals surface area contributed by atoms with Gasteiger partial charge in [0, 0.05) is 6.07 Å². The number of nitro benzene ring substituents is 1. The zero-order chi connectivity index (χ0) is 20.7. The Morgan fingerprint density at radius 1 is 1.29 bits per heavy atom. The summed E-state index contributed by atoms with van der Waals surface area (Å²) in [6.45, 7) is 0.837. The molecule has 0 aliphatic rings. The lowest BCUT2D eigenvalue weighted by Gasteiger charge is -2.13. The smallest absolute Gasteiger partial charge is 0.328 e. The van der Waals surface area contributed by atoms with Gasteiger partial charge in [-0.2, -0.15) is 0 Å². The maximum Gasteiger partial charge on any atom is 0.328 e. The first-order valence-electron chi connectivity index (χ1n) is 7.95. The summed E-state index contributed by atoms with van der Waals surface area (Å²) in [5.74, 6) is -1.78. The van der Waals surface area contributed by atoms with Crippen LogP contribution < -0.4 is 15.4 Å². The van der Waals surface area contributed by atoms with E-state index in [1.54, 1.807) is 17.5 Å². The number of carbonyl (C=O) groups excluding carboxylic acids is 3. The number of methoxy groups -OCH3 is 1. The van der Waals surface area contributed by atoms with E-state index in [0.717, 1.165) is 6.07 Å². The number of amides is 2. The lowest BCUT2D eigenvalue weighted by atomic mass is 10.2. The topological polar surface area (TPSA) is 137 Å². The molecule has 0 aliphatic carbocycles. The van der Waals surface area contributed by atoms with Gasteiger partial charge in [-0.25, -0.2) is 4.79 Å². The number of ether oxygens (including phenoxy) is 2. The number of nitrogens with zero attached hydrogens (tertiary/aromatic N) is 1. The molecule has 2 amide bonds. The molecule has 10 nitrogen and oxygen atoms in total. The minimum atomic E-state index is -0.948. The van der Waals surface area contributed by atoms with Crippen LogP contribution >= 0.6 is 11.3 Å². The molecule has 0 spiro atoms. The Kier molecular flexibility index (Phi) is 7.04. The van der Waals surface area contributed by atoms with Gasteiger partial charge in [-0.1, -0.05) is 6.07 Å². The Morgan fingerprint density at radius 2 is 2.04 bits per heavy atom. The fraction of sp³-hybridized carbons (Fsp3) is 0.235. The predicted octanol–water partition coefficient (Wildman–Crippen LogP) is 1.97. The van der Waals surface area contributed by atoms with Crippen LogP contribution in [0.2, 0.25) is 0 Å². The second-order valence-corrected chi connectivity index (χ2v) is 6.42. The van der Waals surface area contributed by atoms with Crippen LogP contribution in [0.3, 0.4) is 0 Å². The SMILES string of the molecule is COc1cc([N+](=O)[O-])ccc1NC(=O)COC(=O)C(C)NC(=O)c1cccs1. The van der Waals surface area contributed by atoms with Gasteiger partial charge in [0.15, 0.2) is 6.61 Å². The Bertz CT molecular complexity index is 883. The third-order valence-corrected chi connectivity index (χ3v) is 4.33. The van der Waals surface area contributed by atoms with Crippen LogP contribution in [-0.4, -0.2) is 42.5 Å². The van der Waals surface area contributed by atoms with Gasteiger partial charge in [0.1, 0.15) is 11.8 Å². The molecule has 2 N–H and O–H groups in total. The summed E-state index contributed by atoms with van der Waals surface area (Å²) in [6, 6.07) is 6.04. The number of carbonyl (C=O) groups is 3. The van der Waals surface area contributed by atoms with Crippen molar-refractivity contribution in [1.82, 2.24) is 5.32 Å². The Hall–Kier alpha value is -3.47. The number of hydrogen-bond donors (Lipinski definition) is 2. The average molecular weight is 407 g/mol. The van der Waals surface area contributed by atoms with Gasteiger partial charge in [-0.05, 0) is 24.4 Å². The van der Waals surface area contributed by atoms with Crippen LogP contribution in [0.15, 0.2) is 35.7 Å². The molecule has 0 aliphatic heterocycles. The zero-order valence-electron chi connectivity index (χ0n) is 15.0. The maximum atomic E-state index is 12.0. The molecule has 0 radical (unpaired) electrons. The van der Waals surface area contributed by atoms with E-state index in [-0.39, 0.29) is 17.1 Å². The molecule has 2 aromatic rings. The van der Waals surface area contributed by atoms with Crippen molar-refractivity contribution in [2.24, 2.45) is 0 Å². The molecular weight excluding hydrogens is 390 g/mol. The van der Waals surface area contributed by atoms with Crippen LogP contribution in [0, 0.1) is 10.1 Å². The highest BCUT2D eigenvalue weighted by Gasteiger charge is 2.20. The van der Waals surface area contributed by atoms with E-state index in [4.69, 9.17) is 9.47 Å². The summed E-state index contributed by atoms with van der Waals surface area (Å²) in [7, 11) is 1.30. The lowest BCUT2D eigenvalue weighted by Crippen LogP contribution is -2.40. The molecule has 148 valence electrons. The number of hydrogen-bond acceptors (Lipinski definition) is 8. The van der Waals surface area contributed by atoms with Crippen LogP contribution in [-0.2, 0) is 14.3 Å². The van der Waals surface area contributed by atoms with E-state index in [1.807, 2.05) is 0 Å². The summed E-state index contributed by atoms with van der Waals surface area (Å²) < 4.78 is 9.89. The van der Waals surface area contributed by atoms with E-state index in [1.165, 1.54) is 37.5 Å². The first-order valence-corrected chi connectivity index (χ1v) is 8.83. The van der Waals surface area contributed by atoms with Crippen molar-refractivity contribution in [1.29, 1.82) is 0 Å². The van der Waals surface area contributed by atoms with Crippen LogP contribution in [0.4, 0.5) is 11.4 Å². The van der Waals surface area contributed by atoms with Gasteiger partial charge in [-0.15, -0.1) is 11.3 Å². The normalized spacial score (nSPS) is 11.2. The molecule has 1 aromatic heterocycles. The highest BCUT2D eigenvalue weighted by atomic mass is 32.1. The molecule has 0 bridgehead atoms. The van der Waals surface area contributed by atoms with E-state index in [2.05, 4.69) is 10.6 Å². The fourth-order valence-corrected chi connectivity index (χ4v) is 2.71. The number of anilines is 1.